The standard InChI is InChI=1S/C27H23ClO7/c1-15-9-19(34-24(29)13-16-5-7-18(28)8-6-16)14-20-25(15)26(30)21(35-20)10-17-11-22(31-2)27(33-4)23(12-17)32-3/h5-12,14H,13H2,1-4H3/b21-10-. The van der Waals surface area contributed by atoms with Gasteiger partial charge in [0.15, 0.2) is 17.3 Å². The third-order valence-corrected chi connectivity index (χ3v) is 5.67. The van der Waals surface area contributed by atoms with Crippen LogP contribution in [0.4, 0.5) is 0 Å². The SMILES string of the molecule is COc1cc(/C=C2\Oc3cc(OC(=O)Cc4ccc(Cl)cc4)cc(C)c3C2=O)cc(OC)c1OC. The Morgan fingerprint density at radius 3 is 2.23 bits per heavy atom. The second-order valence-corrected chi connectivity index (χ2v) is 8.23. The van der Waals surface area contributed by atoms with Crippen molar-refractivity contribution in [1.82, 2.24) is 0 Å². The summed E-state index contributed by atoms with van der Waals surface area (Å²) in [5, 5.41) is 0.591. The van der Waals surface area contributed by atoms with Crippen LogP contribution in [-0.2, 0) is 11.2 Å². The lowest BCUT2D eigenvalue weighted by molar-refractivity contribution is -0.133. The van der Waals surface area contributed by atoms with Crippen molar-refractivity contribution in [2.75, 3.05) is 21.3 Å². The van der Waals surface area contributed by atoms with Gasteiger partial charge < -0.3 is 23.7 Å². The summed E-state index contributed by atoms with van der Waals surface area (Å²) in [6, 6.07) is 13.6. The van der Waals surface area contributed by atoms with Gasteiger partial charge in [-0.3, -0.25) is 9.59 Å². The number of benzene rings is 3. The summed E-state index contributed by atoms with van der Waals surface area (Å²) in [6.45, 7) is 1.76. The second kappa shape index (κ2) is 10.1. The number of methoxy groups -OCH3 is 3. The molecule has 4 rings (SSSR count). The lowest BCUT2D eigenvalue weighted by Crippen LogP contribution is -2.11. The van der Waals surface area contributed by atoms with Crippen molar-refractivity contribution in [3.05, 3.63) is 81.6 Å². The van der Waals surface area contributed by atoms with Crippen LogP contribution in [0.5, 0.6) is 28.7 Å². The molecule has 1 aliphatic rings. The van der Waals surface area contributed by atoms with Gasteiger partial charge in [0.2, 0.25) is 11.5 Å². The molecule has 0 unspecified atom stereocenters. The van der Waals surface area contributed by atoms with E-state index in [-0.39, 0.29) is 18.0 Å². The van der Waals surface area contributed by atoms with E-state index in [0.29, 0.717) is 50.5 Å². The minimum atomic E-state index is -0.441. The molecule has 0 atom stereocenters. The van der Waals surface area contributed by atoms with Crippen LogP contribution in [0, 0.1) is 6.92 Å². The Balaban J connectivity index is 1.57. The summed E-state index contributed by atoms with van der Waals surface area (Å²) in [5.41, 5.74) is 2.46. The molecule has 35 heavy (non-hydrogen) atoms. The molecule has 180 valence electrons. The quantitative estimate of drug-likeness (QED) is 0.246. The average molecular weight is 495 g/mol. The molecule has 0 fully saturated rings. The number of halogens is 1. The van der Waals surface area contributed by atoms with Gasteiger partial charge in [0, 0.05) is 11.1 Å². The number of hydrogen-bond acceptors (Lipinski definition) is 7. The highest BCUT2D eigenvalue weighted by molar-refractivity contribution is 6.30. The summed E-state index contributed by atoms with van der Waals surface area (Å²) >= 11 is 5.89. The maximum Gasteiger partial charge on any atom is 0.315 e. The van der Waals surface area contributed by atoms with Gasteiger partial charge >= 0.3 is 5.97 Å². The van der Waals surface area contributed by atoms with Crippen molar-refractivity contribution in [3.8, 4) is 28.7 Å². The van der Waals surface area contributed by atoms with Crippen LogP contribution in [0.1, 0.15) is 27.0 Å². The van der Waals surface area contributed by atoms with Crippen molar-refractivity contribution < 1.29 is 33.3 Å². The number of carbonyl (C=O) groups is 2. The van der Waals surface area contributed by atoms with Crippen LogP contribution in [0.15, 0.2) is 54.3 Å². The van der Waals surface area contributed by atoms with E-state index in [0.717, 1.165) is 5.56 Å². The summed E-state index contributed by atoms with van der Waals surface area (Å²) in [5.74, 6) is 1.38. The van der Waals surface area contributed by atoms with Gasteiger partial charge in [-0.25, -0.2) is 0 Å². The van der Waals surface area contributed by atoms with Crippen LogP contribution < -0.4 is 23.7 Å². The Kier molecular flexibility index (Phi) is 6.98. The van der Waals surface area contributed by atoms with E-state index in [1.54, 1.807) is 55.5 Å². The lowest BCUT2D eigenvalue weighted by Gasteiger charge is -2.13. The Labute approximate surface area is 207 Å². The number of aryl methyl sites for hydroxylation is 1. The first-order chi connectivity index (χ1) is 16.8. The van der Waals surface area contributed by atoms with Gasteiger partial charge in [0.05, 0.1) is 33.3 Å². The summed E-state index contributed by atoms with van der Waals surface area (Å²) in [4.78, 5) is 25.5. The zero-order valence-electron chi connectivity index (χ0n) is 19.6. The van der Waals surface area contributed by atoms with Gasteiger partial charge in [-0.15, -0.1) is 0 Å². The van der Waals surface area contributed by atoms with E-state index in [1.165, 1.54) is 27.4 Å². The molecule has 1 aliphatic heterocycles. The smallest absolute Gasteiger partial charge is 0.315 e. The van der Waals surface area contributed by atoms with Crippen molar-refractivity contribution >= 4 is 29.4 Å². The molecule has 1 heterocycles. The molecule has 0 aromatic heterocycles. The molecule has 3 aromatic carbocycles. The fourth-order valence-electron chi connectivity index (χ4n) is 3.81. The number of rotatable bonds is 7. The molecule has 3 aromatic rings. The van der Waals surface area contributed by atoms with Gasteiger partial charge in [0.25, 0.3) is 0 Å². The fraction of sp³-hybridized carbons (Fsp3) is 0.185. The first kappa shape index (κ1) is 24.2. The van der Waals surface area contributed by atoms with Crippen LogP contribution in [0.2, 0.25) is 5.02 Å². The molecule has 0 saturated carbocycles. The number of Topliss-reactive ketones (excluding diaryl/α,β-unsaturated/α-hetero) is 1. The minimum absolute atomic E-state index is 0.0827. The number of allylic oxidation sites excluding steroid dienone is 1. The summed E-state index contributed by atoms with van der Waals surface area (Å²) < 4.78 is 27.5. The van der Waals surface area contributed by atoms with Crippen molar-refractivity contribution in [3.63, 3.8) is 0 Å². The highest BCUT2D eigenvalue weighted by Crippen LogP contribution is 2.41. The third-order valence-electron chi connectivity index (χ3n) is 5.42. The van der Waals surface area contributed by atoms with Crippen molar-refractivity contribution in [2.45, 2.75) is 13.3 Å². The number of ether oxygens (including phenoxy) is 5. The van der Waals surface area contributed by atoms with Crippen LogP contribution in [0.3, 0.4) is 0 Å². The van der Waals surface area contributed by atoms with Crippen molar-refractivity contribution in [2.24, 2.45) is 0 Å². The molecule has 7 nitrogen and oxygen atoms in total. The number of fused-ring (bicyclic) bond motifs is 1. The van der Waals surface area contributed by atoms with E-state index >= 15 is 0 Å². The van der Waals surface area contributed by atoms with Gasteiger partial charge in [-0.2, -0.15) is 0 Å². The summed E-state index contributed by atoms with van der Waals surface area (Å²) in [7, 11) is 4.54. The molecule has 0 bridgehead atoms. The Morgan fingerprint density at radius 2 is 1.63 bits per heavy atom. The minimum Gasteiger partial charge on any atom is -0.493 e. The topological polar surface area (TPSA) is 80.3 Å². The molecule has 0 radical (unpaired) electrons. The Bertz CT molecular complexity index is 1300. The second-order valence-electron chi connectivity index (χ2n) is 7.79. The van der Waals surface area contributed by atoms with E-state index in [9.17, 15) is 9.59 Å². The van der Waals surface area contributed by atoms with Crippen LogP contribution >= 0.6 is 11.6 Å². The van der Waals surface area contributed by atoms with Gasteiger partial charge in [0.1, 0.15) is 11.5 Å². The third kappa shape index (κ3) is 5.10. The maximum atomic E-state index is 13.1. The molecule has 0 saturated heterocycles. The lowest BCUT2D eigenvalue weighted by atomic mass is 10.0. The largest absolute Gasteiger partial charge is 0.493 e. The van der Waals surface area contributed by atoms with E-state index in [2.05, 4.69) is 0 Å². The predicted molar refractivity (Wildman–Crippen MR) is 131 cm³/mol. The molecule has 0 aliphatic carbocycles. The monoisotopic (exact) mass is 494 g/mol. The Morgan fingerprint density at radius 1 is 0.971 bits per heavy atom. The van der Waals surface area contributed by atoms with E-state index in [1.807, 2.05) is 0 Å². The number of esters is 1. The molecular weight excluding hydrogens is 472 g/mol. The molecule has 0 N–H and O–H groups in total. The Hall–Kier alpha value is -3.97. The highest BCUT2D eigenvalue weighted by Gasteiger charge is 2.30. The normalized spacial score (nSPS) is 13.3. The molecule has 8 heteroatoms. The zero-order valence-corrected chi connectivity index (χ0v) is 20.4. The predicted octanol–water partition coefficient (Wildman–Crippen LogP) is 5.44. The molecule has 0 amide bonds. The number of carbonyl (C=O) groups excluding carboxylic acids is 2. The zero-order chi connectivity index (χ0) is 25.1. The molecular formula is C27H23ClO7. The van der Waals surface area contributed by atoms with E-state index < -0.39 is 5.97 Å². The number of ketones is 1. The van der Waals surface area contributed by atoms with E-state index in [4.69, 9.17) is 35.3 Å². The summed E-state index contributed by atoms with van der Waals surface area (Å²) in [6.07, 6.45) is 1.68. The highest BCUT2D eigenvalue weighted by atomic mass is 35.5. The molecule has 0 spiro atoms. The number of hydrogen-bond donors (Lipinski definition) is 0. The van der Waals surface area contributed by atoms with Gasteiger partial charge in [-0.1, -0.05) is 23.7 Å². The van der Waals surface area contributed by atoms with Crippen LogP contribution in [0.25, 0.3) is 6.08 Å². The van der Waals surface area contributed by atoms with Crippen LogP contribution in [-0.4, -0.2) is 33.1 Å². The first-order valence-corrected chi connectivity index (χ1v) is 11.0. The van der Waals surface area contributed by atoms with Crippen molar-refractivity contribution in [1.29, 1.82) is 0 Å². The first-order valence-electron chi connectivity index (χ1n) is 10.7. The maximum absolute atomic E-state index is 13.1. The van der Waals surface area contributed by atoms with Gasteiger partial charge in [-0.05, 0) is 60.0 Å². The average Bonchev–Trinajstić information content (AvgIpc) is 3.14. The fourth-order valence-corrected chi connectivity index (χ4v) is 3.93.